The summed E-state index contributed by atoms with van der Waals surface area (Å²) in [5, 5.41) is 5.77. The second kappa shape index (κ2) is 9.47. The average Bonchev–Trinajstić information content (AvgIpc) is 3.22. The summed E-state index contributed by atoms with van der Waals surface area (Å²) in [5.74, 6) is 2.03. The molecule has 0 amide bonds. The van der Waals surface area contributed by atoms with Crippen LogP contribution in [0.25, 0.3) is 27.5 Å². The number of nitrogens with two attached hydrogens (primary N) is 1. The number of nitrogens with zero attached hydrogens (tertiary/aromatic N) is 3. The molecule has 2 aromatic carbocycles. The van der Waals surface area contributed by atoms with Gasteiger partial charge in [0.2, 0.25) is 0 Å². The van der Waals surface area contributed by atoms with Crippen molar-refractivity contribution in [2.24, 2.45) is 0 Å². The van der Waals surface area contributed by atoms with Crippen molar-refractivity contribution in [2.45, 2.75) is 6.92 Å². The van der Waals surface area contributed by atoms with E-state index in [0.717, 1.165) is 44.1 Å². The van der Waals surface area contributed by atoms with Crippen molar-refractivity contribution in [2.75, 3.05) is 59.4 Å². The summed E-state index contributed by atoms with van der Waals surface area (Å²) in [4.78, 5) is 18.3. The molecule has 10 heteroatoms. The molecule has 0 bridgehead atoms. The van der Waals surface area contributed by atoms with Crippen LogP contribution >= 0.6 is 0 Å². The van der Waals surface area contributed by atoms with Gasteiger partial charge in [0.15, 0.2) is 11.5 Å². The number of aromatic amines is 1. The number of H-pyrrole nitrogens is 1. The van der Waals surface area contributed by atoms with Gasteiger partial charge in [0.25, 0.3) is 5.56 Å². The molecule has 0 spiro atoms. The molecule has 0 unspecified atom stereocenters. The molecule has 0 aliphatic carbocycles. The molecule has 35 heavy (non-hydrogen) atoms. The molecule has 1 fully saturated rings. The third-order valence-corrected chi connectivity index (χ3v) is 6.37. The first-order valence-corrected chi connectivity index (χ1v) is 11.5. The predicted molar refractivity (Wildman–Crippen MR) is 134 cm³/mol. The number of aromatic nitrogens is 3. The lowest BCUT2D eigenvalue weighted by Gasteiger charge is -2.26. The minimum atomic E-state index is -0.318. The summed E-state index contributed by atoms with van der Waals surface area (Å²) in [6.07, 6.45) is 0. The predicted octanol–water partition coefficient (Wildman–Crippen LogP) is 2.49. The van der Waals surface area contributed by atoms with Gasteiger partial charge in [0.05, 0.1) is 38.6 Å². The summed E-state index contributed by atoms with van der Waals surface area (Å²) in [6, 6.07) is 9.24. The molecule has 5 rings (SSSR count). The van der Waals surface area contributed by atoms with Crippen LogP contribution in [-0.2, 0) is 4.74 Å². The number of methoxy groups -OCH3 is 2. The molecule has 0 atom stereocenters. The van der Waals surface area contributed by atoms with E-state index in [1.54, 1.807) is 25.0 Å². The van der Waals surface area contributed by atoms with Gasteiger partial charge >= 0.3 is 0 Å². The van der Waals surface area contributed by atoms with E-state index in [2.05, 4.69) is 9.88 Å². The van der Waals surface area contributed by atoms with E-state index in [9.17, 15) is 4.79 Å². The standard InChI is InChI=1S/C25H29N5O5/c1-15-4-5-16(32-2)12-19(15)30-24(26)22-23(28-30)17-13-20(33-3)21(14-18(17)27-25(22)31)35-11-8-29-6-9-34-10-7-29/h4-5,12-14H,6-11,26H2,1-3H3,(H,27,31). The summed E-state index contributed by atoms with van der Waals surface area (Å²) in [7, 11) is 3.19. The molecule has 3 N–H and O–H groups in total. The summed E-state index contributed by atoms with van der Waals surface area (Å²) in [6.45, 7) is 6.47. The van der Waals surface area contributed by atoms with Crippen LogP contribution in [0, 0.1) is 6.92 Å². The van der Waals surface area contributed by atoms with E-state index >= 15 is 0 Å². The summed E-state index contributed by atoms with van der Waals surface area (Å²) in [5.41, 5.74) is 8.87. The Hall–Kier alpha value is -3.76. The molecule has 1 saturated heterocycles. The Labute approximate surface area is 202 Å². The quantitative estimate of drug-likeness (QED) is 0.415. The molecule has 1 aliphatic rings. The number of nitrogen functional groups attached to an aromatic ring is 1. The van der Waals surface area contributed by atoms with Crippen LogP contribution in [-0.4, -0.2) is 73.3 Å². The fourth-order valence-corrected chi connectivity index (χ4v) is 4.40. The summed E-state index contributed by atoms with van der Waals surface area (Å²) >= 11 is 0. The van der Waals surface area contributed by atoms with E-state index in [0.29, 0.717) is 45.7 Å². The number of hydrogen-bond acceptors (Lipinski definition) is 8. The number of rotatable bonds is 7. The topological polar surface area (TPSA) is 117 Å². The fourth-order valence-electron chi connectivity index (χ4n) is 4.40. The molecular formula is C25H29N5O5. The van der Waals surface area contributed by atoms with Crippen LogP contribution in [0.15, 0.2) is 35.1 Å². The van der Waals surface area contributed by atoms with Crippen molar-refractivity contribution in [3.05, 3.63) is 46.2 Å². The highest BCUT2D eigenvalue weighted by molar-refractivity contribution is 6.07. The highest BCUT2D eigenvalue weighted by Crippen LogP contribution is 2.35. The van der Waals surface area contributed by atoms with Crippen LogP contribution < -0.4 is 25.5 Å². The van der Waals surface area contributed by atoms with E-state index in [1.165, 1.54) is 0 Å². The number of anilines is 1. The Bertz CT molecular complexity index is 1440. The highest BCUT2D eigenvalue weighted by atomic mass is 16.5. The van der Waals surface area contributed by atoms with Gasteiger partial charge in [-0.1, -0.05) is 6.07 Å². The van der Waals surface area contributed by atoms with Crippen molar-refractivity contribution in [3.8, 4) is 22.9 Å². The molecule has 1 aliphatic heterocycles. The Morgan fingerprint density at radius 2 is 1.91 bits per heavy atom. The smallest absolute Gasteiger partial charge is 0.261 e. The molecular weight excluding hydrogens is 450 g/mol. The van der Waals surface area contributed by atoms with Crippen LogP contribution in [0.5, 0.6) is 17.2 Å². The Balaban J connectivity index is 1.56. The van der Waals surface area contributed by atoms with Gasteiger partial charge in [0, 0.05) is 37.2 Å². The zero-order valence-electron chi connectivity index (χ0n) is 20.1. The maximum absolute atomic E-state index is 13.0. The number of aryl methyl sites for hydroxylation is 1. The lowest BCUT2D eigenvalue weighted by molar-refractivity contribution is 0.0321. The first-order valence-electron chi connectivity index (χ1n) is 11.5. The van der Waals surface area contributed by atoms with Crippen molar-refractivity contribution in [1.82, 2.24) is 19.7 Å². The first-order chi connectivity index (χ1) is 17.0. The van der Waals surface area contributed by atoms with Crippen LogP contribution in [0.4, 0.5) is 5.82 Å². The normalized spacial score (nSPS) is 14.5. The van der Waals surface area contributed by atoms with Gasteiger partial charge < -0.3 is 29.7 Å². The number of pyridine rings is 1. The van der Waals surface area contributed by atoms with Gasteiger partial charge in [0.1, 0.15) is 29.1 Å². The maximum Gasteiger partial charge on any atom is 0.261 e. The molecule has 2 aromatic heterocycles. The largest absolute Gasteiger partial charge is 0.497 e. The molecule has 10 nitrogen and oxygen atoms in total. The number of nitrogens with one attached hydrogen (secondary N) is 1. The van der Waals surface area contributed by atoms with Crippen LogP contribution in [0.2, 0.25) is 0 Å². The SMILES string of the molecule is COc1ccc(C)c(-n2nc3c(c2N)c(=O)[nH]c2cc(OCCN4CCOCC4)c(OC)cc23)c1. The molecule has 184 valence electrons. The average molecular weight is 480 g/mol. The van der Waals surface area contributed by atoms with Crippen molar-refractivity contribution in [3.63, 3.8) is 0 Å². The van der Waals surface area contributed by atoms with E-state index in [4.69, 9.17) is 29.8 Å². The van der Waals surface area contributed by atoms with E-state index < -0.39 is 0 Å². The monoisotopic (exact) mass is 479 g/mol. The van der Waals surface area contributed by atoms with Crippen molar-refractivity contribution >= 4 is 27.6 Å². The Morgan fingerprint density at radius 1 is 1.11 bits per heavy atom. The van der Waals surface area contributed by atoms with Crippen LogP contribution in [0.1, 0.15) is 5.56 Å². The second-order valence-electron chi connectivity index (χ2n) is 8.48. The molecule has 3 heterocycles. The number of morpholine rings is 1. The fraction of sp³-hybridized carbons (Fsp3) is 0.360. The Morgan fingerprint density at radius 3 is 2.66 bits per heavy atom. The number of fused-ring (bicyclic) bond motifs is 3. The van der Waals surface area contributed by atoms with Crippen molar-refractivity contribution < 1.29 is 18.9 Å². The van der Waals surface area contributed by atoms with Crippen LogP contribution in [0.3, 0.4) is 0 Å². The van der Waals surface area contributed by atoms with Crippen molar-refractivity contribution in [1.29, 1.82) is 0 Å². The lowest BCUT2D eigenvalue weighted by Crippen LogP contribution is -2.38. The second-order valence-corrected chi connectivity index (χ2v) is 8.48. The minimum Gasteiger partial charge on any atom is -0.497 e. The molecule has 0 saturated carbocycles. The number of hydrogen-bond donors (Lipinski definition) is 2. The first kappa shape index (κ1) is 23.0. The molecule has 4 aromatic rings. The minimum absolute atomic E-state index is 0.254. The van der Waals surface area contributed by atoms with Gasteiger partial charge in [-0.2, -0.15) is 5.10 Å². The number of benzene rings is 2. The maximum atomic E-state index is 13.0. The third kappa shape index (κ3) is 4.26. The molecule has 0 radical (unpaired) electrons. The number of ether oxygens (including phenoxy) is 4. The zero-order chi connectivity index (χ0) is 24.5. The lowest BCUT2D eigenvalue weighted by atomic mass is 10.1. The highest BCUT2D eigenvalue weighted by Gasteiger charge is 2.20. The Kier molecular flexibility index (Phi) is 6.23. The van der Waals surface area contributed by atoms with Gasteiger partial charge in [-0.15, -0.1) is 0 Å². The van der Waals surface area contributed by atoms with Gasteiger partial charge in [-0.05, 0) is 24.6 Å². The zero-order valence-corrected chi connectivity index (χ0v) is 20.1. The van der Waals surface area contributed by atoms with Gasteiger partial charge in [-0.25, -0.2) is 4.68 Å². The van der Waals surface area contributed by atoms with E-state index in [1.807, 2.05) is 31.2 Å². The third-order valence-electron chi connectivity index (χ3n) is 6.37. The summed E-state index contributed by atoms with van der Waals surface area (Å²) < 4.78 is 24.0. The van der Waals surface area contributed by atoms with Gasteiger partial charge in [-0.3, -0.25) is 9.69 Å². The van der Waals surface area contributed by atoms with E-state index in [-0.39, 0.29) is 11.4 Å².